The van der Waals surface area contributed by atoms with Crippen molar-refractivity contribution in [3.8, 4) is 11.3 Å². The number of anilines is 1. The van der Waals surface area contributed by atoms with Crippen molar-refractivity contribution in [2.24, 2.45) is 0 Å². The number of rotatable bonds is 4. The van der Waals surface area contributed by atoms with Crippen LogP contribution in [-0.4, -0.2) is 34.2 Å². The molecule has 6 heteroatoms. The van der Waals surface area contributed by atoms with E-state index in [4.69, 9.17) is 14.7 Å². The molecule has 1 fully saturated rings. The Morgan fingerprint density at radius 3 is 2.73 bits per heavy atom. The summed E-state index contributed by atoms with van der Waals surface area (Å²) in [4.78, 5) is 15.5. The second kappa shape index (κ2) is 7.60. The zero-order valence-electron chi connectivity index (χ0n) is 16.9. The minimum atomic E-state index is 0.278. The number of hydrogen-bond acceptors (Lipinski definition) is 6. The first-order valence-electron chi connectivity index (χ1n) is 10.9. The van der Waals surface area contributed by atoms with E-state index in [2.05, 4.69) is 40.6 Å². The average molecular weight is 417 g/mol. The molecule has 1 N–H and O–H groups in total. The Bertz CT molecular complexity index is 1210. The van der Waals surface area contributed by atoms with Crippen molar-refractivity contribution in [3.05, 3.63) is 47.8 Å². The van der Waals surface area contributed by atoms with E-state index >= 15 is 0 Å². The van der Waals surface area contributed by atoms with Gasteiger partial charge in [0.25, 0.3) is 0 Å². The minimum Gasteiger partial charge on any atom is -0.376 e. The van der Waals surface area contributed by atoms with Gasteiger partial charge in [0, 0.05) is 24.1 Å². The van der Waals surface area contributed by atoms with E-state index in [9.17, 15) is 0 Å². The van der Waals surface area contributed by atoms with Gasteiger partial charge in [-0.05, 0) is 49.7 Å². The molecule has 6 rings (SSSR count). The lowest BCUT2D eigenvalue weighted by molar-refractivity contribution is 0.120. The molecule has 30 heavy (non-hydrogen) atoms. The highest BCUT2D eigenvalue weighted by Crippen LogP contribution is 2.42. The number of nitrogens with one attached hydrogen (secondary N) is 1. The highest BCUT2D eigenvalue weighted by molar-refractivity contribution is 7.26. The predicted molar refractivity (Wildman–Crippen MR) is 122 cm³/mol. The molecule has 5 nitrogen and oxygen atoms in total. The Balaban J connectivity index is 1.52. The summed E-state index contributed by atoms with van der Waals surface area (Å²) in [7, 11) is 0. The molecule has 4 aromatic rings. The highest BCUT2D eigenvalue weighted by Gasteiger charge is 2.24. The summed E-state index contributed by atoms with van der Waals surface area (Å²) in [5.74, 6) is 0.907. The summed E-state index contributed by atoms with van der Waals surface area (Å²) in [5, 5.41) is 4.77. The molecule has 1 aliphatic carbocycles. The largest absolute Gasteiger partial charge is 0.376 e. The summed E-state index contributed by atoms with van der Waals surface area (Å²) in [6.07, 6.45) is 8.87. The molecule has 0 spiro atoms. The smallest absolute Gasteiger partial charge is 0.147 e. The lowest BCUT2D eigenvalue weighted by Crippen LogP contribution is -2.18. The number of thiophene rings is 1. The van der Waals surface area contributed by atoms with Crippen LogP contribution in [0.3, 0.4) is 0 Å². The van der Waals surface area contributed by atoms with Crippen LogP contribution in [0, 0.1) is 0 Å². The van der Waals surface area contributed by atoms with Crippen molar-refractivity contribution < 1.29 is 4.74 Å². The van der Waals surface area contributed by atoms with E-state index in [-0.39, 0.29) is 6.10 Å². The summed E-state index contributed by atoms with van der Waals surface area (Å²) in [6.45, 7) is 1.66. The van der Waals surface area contributed by atoms with Crippen LogP contribution < -0.4 is 5.32 Å². The van der Waals surface area contributed by atoms with Gasteiger partial charge in [0.15, 0.2) is 0 Å². The number of nitrogens with zero attached hydrogens (tertiary/aromatic N) is 3. The third-order valence-electron chi connectivity index (χ3n) is 6.29. The fourth-order valence-corrected chi connectivity index (χ4v) is 5.96. The van der Waals surface area contributed by atoms with Crippen LogP contribution >= 0.6 is 11.3 Å². The molecule has 1 aliphatic heterocycles. The van der Waals surface area contributed by atoms with Crippen LogP contribution in [0.2, 0.25) is 0 Å². The first-order chi connectivity index (χ1) is 14.9. The zero-order chi connectivity index (χ0) is 19.9. The standard InChI is InChI=1S/C24H24N4OS/c1-2-7-15(8-3-1)20-18-11-5-4-10-17(18)19-21-22(30-24(19)28-20)23(27-14-26-21)25-13-16-9-6-12-29-16/h1-3,7-8,14,16H,4-6,9-13H2,(H,25,26,27). The van der Waals surface area contributed by atoms with E-state index in [0.717, 1.165) is 65.4 Å². The molecular formula is C24H24N4OS. The highest BCUT2D eigenvalue weighted by atomic mass is 32.1. The lowest BCUT2D eigenvalue weighted by Gasteiger charge is -2.20. The molecule has 0 bridgehead atoms. The maximum Gasteiger partial charge on any atom is 0.147 e. The van der Waals surface area contributed by atoms with E-state index in [1.807, 2.05) is 0 Å². The number of fused-ring (bicyclic) bond motifs is 5. The monoisotopic (exact) mass is 416 g/mol. The number of benzene rings is 1. The fraction of sp³-hybridized carbons (Fsp3) is 0.375. The van der Waals surface area contributed by atoms with Crippen molar-refractivity contribution in [2.45, 2.75) is 44.6 Å². The van der Waals surface area contributed by atoms with Gasteiger partial charge in [0.1, 0.15) is 17.0 Å². The zero-order valence-corrected chi connectivity index (χ0v) is 17.7. The number of hydrogen-bond donors (Lipinski definition) is 1. The van der Waals surface area contributed by atoms with E-state index in [0.29, 0.717) is 0 Å². The summed E-state index contributed by atoms with van der Waals surface area (Å²) < 4.78 is 6.88. The van der Waals surface area contributed by atoms with Gasteiger partial charge in [0.2, 0.25) is 0 Å². The molecule has 3 aromatic heterocycles. The third kappa shape index (κ3) is 3.06. The number of pyridine rings is 1. The average Bonchev–Trinajstić information content (AvgIpc) is 3.45. The van der Waals surface area contributed by atoms with Crippen LogP contribution in [0.4, 0.5) is 5.82 Å². The quantitative estimate of drug-likeness (QED) is 0.484. The fourth-order valence-electron chi connectivity index (χ4n) is 4.84. The second-order valence-corrected chi connectivity index (χ2v) is 9.19. The van der Waals surface area contributed by atoms with Crippen LogP contribution in [-0.2, 0) is 17.6 Å². The first kappa shape index (κ1) is 18.2. The van der Waals surface area contributed by atoms with Crippen molar-refractivity contribution in [2.75, 3.05) is 18.5 Å². The Morgan fingerprint density at radius 2 is 1.90 bits per heavy atom. The number of ether oxygens (including phenoxy) is 1. The van der Waals surface area contributed by atoms with Crippen LogP contribution in [0.5, 0.6) is 0 Å². The molecule has 1 atom stereocenters. The summed E-state index contributed by atoms with van der Waals surface area (Å²) in [6, 6.07) is 10.6. The van der Waals surface area contributed by atoms with E-state index in [1.165, 1.54) is 34.9 Å². The van der Waals surface area contributed by atoms with Crippen molar-refractivity contribution >= 4 is 37.6 Å². The van der Waals surface area contributed by atoms with E-state index < -0.39 is 0 Å². The molecule has 2 aliphatic rings. The van der Waals surface area contributed by atoms with Crippen molar-refractivity contribution in [3.63, 3.8) is 0 Å². The third-order valence-corrected chi connectivity index (χ3v) is 7.37. The van der Waals surface area contributed by atoms with Crippen LogP contribution in [0.15, 0.2) is 36.7 Å². The first-order valence-corrected chi connectivity index (χ1v) is 11.7. The lowest BCUT2D eigenvalue weighted by atomic mass is 9.87. The summed E-state index contributed by atoms with van der Waals surface area (Å²) in [5.41, 5.74) is 6.25. The van der Waals surface area contributed by atoms with Crippen molar-refractivity contribution in [1.82, 2.24) is 15.0 Å². The SMILES string of the molecule is c1ccc(-c2nc3sc4c(NCC5CCCO5)ncnc4c3c3c2CCCC3)cc1. The molecule has 1 saturated heterocycles. The molecule has 0 radical (unpaired) electrons. The Kier molecular flexibility index (Phi) is 4.61. The van der Waals surface area contributed by atoms with Gasteiger partial charge in [-0.25, -0.2) is 15.0 Å². The van der Waals surface area contributed by atoms with E-state index in [1.54, 1.807) is 17.7 Å². The van der Waals surface area contributed by atoms with Gasteiger partial charge in [-0.1, -0.05) is 30.3 Å². The predicted octanol–water partition coefficient (Wildman–Crippen LogP) is 5.38. The molecule has 152 valence electrons. The van der Waals surface area contributed by atoms with Gasteiger partial charge in [-0.15, -0.1) is 11.3 Å². The van der Waals surface area contributed by atoms with Crippen LogP contribution in [0.1, 0.15) is 36.8 Å². The Labute approximate surface area is 179 Å². The van der Waals surface area contributed by atoms with Gasteiger partial charge in [-0.3, -0.25) is 0 Å². The maximum atomic E-state index is 5.77. The van der Waals surface area contributed by atoms with Gasteiger partial charge in [0.05, 0.1) is 22.0 Å². The van der Waals surface area contributed by atoms with Gasteiger partial charge in [-0.2, -0.15) is 0 Å². The minimum absolute atomic E-state index is 0.278. The number of aromatic nitrogens is 3. The van der Waals surface area contributed by atoms with Crippen LogP contribution in [0.25, 0.3) is 31.7 Å². The molecule has 0 amide bonds. The summed E-state index contributed by atoms with van der Waals surface area (Å²) >= 11 is 1.71. The molecule has 1 unspecified atom stereocenters. The molecule has 4 heterocycles. The second-order valence-electron chi connectivity index (χ2n) is 8.19. The Hall–Kier alpha value is -2.57. The van der Waals surface area contributed by atoms with Gasteiger partial charge < -0.3 is 10.1 Å². The van der Waals surface area contributed by atoms with Crippen molar-refractivity contribution in [1.29, 1.82) is 0 Å². The topological polar surface area (TPSA) is 59.9 Å². The normalized spacial score (nSPS) is 18.7. The molecular weight excluding hydrogens is 392 g/mol. The molecule has 0 saturated carbocycles. The number of aryl methyl sites for hydroxylation is 1. The van der Waals surface area contributed by atoms with Gasteiger partial charge >= 0.3 is 0 Å². The Morgan fingerprint density at radius 1 is 1.03 bits per heavy atom. The maximum absolute atomic E-state index is 5.77. The molecule has 1 aromatic carbocycles.